The molecule has 0 radical (unpaired) electrons. The molecule has 0 aromatic carbocycles. The van der Waals surface area contributed by atoms with Crippen LogP contribution in [0.5, 0.6) is 0 Å². The van der Waals surface area contributed by atoms with Crippen LogP contribution in [0.3, 0.4) is 0 Å². The van der Waals surface area contributed by atoms with E-state index in [4.69, 9.17) is 9.47 Å². The van der Waals surface area contributed by atoms with Gasteiger partial charge in [-0.25, -0.2) is 4.98 Å². The highest BCUT2D eigenvalue weighted by Gasteiger charge is 2.34. The summed E-state index contributed by atoms with van der Waals surface area (Å²) in [6.45, 7) is 4.12. The van der Waals surface area contributed by atoms with Crippen molar-refractivity contribution in [2.24, 2.45) is 0 Å². The van der Waals surface area contributed by atoms with Gasteiger partial charge in [-0.15, -0.1) is 0 Å². The maximum Gasteiger partial charge on any atom is 0.157 e. The minimum atomic E-state index is -0.239. The predicted molar refractivity (Wildman–Crippen MR) is 71.4 cm³/mol. The average molecular weight is 262 g/mol. The lowest BCUT2D eigenvalue weighted by Gasteiger charge is -2.26. The molecule has 1 aliphatic rings. The molecule has 0 saturated carbocycles. The van der Waals surface area contributed by atoms with E-state index in [-0.39, 0.29) is 5.60 Å². The van der Waals surface area contributed by atoms with Gasteiger partial charge in [-0.05, 0) is 24.6 Å². The summed E-state index contributed by atoms with van der Waals surface area (Å²) in [6, 6.07) is 4.06. The topological polar surface area (TPSA) is 60.7 Å². The quantitative estimate of drug-likeness (QED) is 0.898. The summed E-state index contributed by atoms with van der Waals surface area (Å²) < 4.78 is 12.8. The summed E-state index contributed by atoms with van der Waals surface area (Å²) in [5.74, 6) is 0.927. The van der Waals surface area contributed by atoms with Crippen LogP contribution in [0.25, 0.3) is 5.65 Å². The Labute approximate surface area is 111 Å². The van der Waals surface area contributed by atoms with Crippen molar-refractivity contribution in [3.63, 3.8) is 0 Å². The van der Waals surface area contributed by atoms with Crippen LogP contribution in [0.15, 0.2) is 18.5 Å². The minimum absolute atomic E-state index is 0.239. The zero-order chi connectivity index (χ0) is 13.3. The van der Waals surface area contributed by atoms with Crippen LogP contribution in [-0.2, 0) is 9.47 Å². The standard InChI is InChI=1S/C13H18N4O2/c1-10-5-11(17-12(6-10)15-9-16-17)14-7-13(18-2)3-4-19-8-13/h5-6,9,14H,3-4,7-8H2,1-2H3. The second kappa shape index (κ2) is 4.79. The number of aryl methyl sites for hydroxylation is 1. The van der Waals surface area contributed by atoms with Gasteiger partial charge in [0.2, 0.25) is 0 Å². The SMILES string of the molecule is COC1(CNc2cc(C)cc3ncnn23)CCOC1. The van der Waals surface area contributed by atoms with Crippen LogP contribution in [0, 0.1) is 6.92 Å². The third kappa shape index (κ3) is 2.29. The molecule has 0 bridgehead atoms. The van der Waals surface area contributed by atoms with Crippen LogP contribution < -0.4 is 5.32 Å². The number of hydrogen-bond donors (Lipinski definition) is 1. The molecule has 3 rings (SSSR count). The molecule has 102 valence electrons. The number of nitrogens with one attached hydrogen (secondary N) is 1. The van der Waals surface area contributed by atoms with Gasteiger partial charge in [-0.1, -0.05) is 0 Å². The van der Waals surface area contributed by atoms with Crippen LogP contribution >= 0.6 is 0 Å². The van der Waals surface area contributed by atoms with Crippen molar-refractivity contribution < 1.29 is 9.47 Å². The number of aromatic nitrogens is 3. The summed E-state index contributed by atoms with van der Waals surface area (Å²) in [6.07, 6.45) is 2.47. The summed E-state index contributed by atoms with van der Waals surface area (Å²) in [4.78, 5) is 4.21. The van der Waals surface area contributed by atoms with E-state index in [1.54, 1.807) is 18.0 Å². The van der Waals surface area contributed by atoms with Crippen molar-refractivity contribution in [3.05, 3.63) is 24.0 Å². The van der Waals surface area contributed by atoms with Gasteiger partial charge in [0.25, 0.3) is 0 Å². The molecule has 0 amide bonds. The maximum absolute atomic E-state index is 5.61. The van der Waals surface area contributed by atoms with Crippen molar-refractivity contribution >= 4 is 11.5 Å². The first-order valence-electron chi connectivity index (χ1n) is 6.40. The van der Waals surface area contributed by atoms with Crippen molar-refractivity contribution in [3.8, 4) is 0 Å². The van der Waals surface area contributed by atoms with Gasteiger partial charge in [-0.3, -0.25) is 0 Å². The lowest BCUT2D eigenvalue weighted by Crippen LogP contribution is -2.39. The van der Waals surface area contributed by atoms with E-state index in [1.165, 1.54) is 0 Å². The monoisotopic (exact) mass is 262 g/mol. The average Bonchev–Trinajstić information content (AvgIpc) is 3.05. The summed E-state index contributed by atoms with van der Waals surface area (Å²) in [5, 5.41) is 7.63. The number of methoxy groups -OCH3 is 1. The highest BCUT2D eigenvalue weighted by atomic mass is 16.5. The molecule has 0 spiro atoms. The number of hydrogen-bond acceptors (Lipinski definition) is 5. The molecule has 6 nitrogen and oxygen atoms in total. The molecule has 1 N–H and O–H groups in total. The Hall–Kier alpha value is -1.66. The Morgan fingerprint density at radius 1 is 1.53 bits per heavy atom. The van der Waals surface area contributed by atoms with E-state index >= 15 is 0 Å². The van der Waals surface area contributed by atoms with E-state index in [0.717, 1.165) is 30.1 Å². The fourth-order valence-corrected chi connectivity index (χ4v) is 2.40. The van der Waals surface area contributed by atoms with Gasteiger partial charge in [-0.2, -0.15) is 9.61 Å². The van der Waals surface area contributed by atoms with E-state index in [9.17, 15) is 0 Å². The minimum Gasteiger partial charge on any atom is -0.378 e. The molecule has 19 heavy (non-hydrogen) atoms. The zero-order valence-electron chi connectivity index (χ0n) is 11.2. The second-order valence-electron chi connectivity index (χ2n) is 4.99. The Morgan fingerprint density at radius 2 is 2.42 bits per heavy atom. The van der Waals surface area contributed by atoms with Gasteiger partial charge >= 0.3 is 0 Å². The molecular formula is C13H18N4O2. The van der Waals surface area contributed by atoms with Gasteiger partial charge in [0.15, 0.2) is 5.65 Å². The molecule has 0 aliphatic carbocycles. The number of anilines is 1. The maximum atomic E-state index is 5.61. The smallest absolute Gasteiger partial charge is 0.157 e. The molecule has 1 atom stereocenters. The third-order valence-electron chi connectivity index (χ3n) is 3.62. The molecule has 1 saturated heterocycles. The van der Waals surface area contributed by atoms with E-state index in [1.807, 2.05) is 13.0 Å². The van der Waals surface area contributed by atoms with Crippen LogP contribution in [0.2, 0.25) is 0 Å². The number of rotatable bonds is 4. The first kappa shape index (κ1) is 12.4. The van der Waals surface area contributed by atoms with Crippen LogP contribution in [0.4, 0.5) is 5.82 Å². The van der Waals surface area contributed by atoms with Crippen LogP contribution in [0.1, 0.15) is 12.0 Å². The summed E-state index contributed by atoms with van der Waals surface area (Å²) in [5.41, 5.74) is 1.75. The fraction of sp³-hybridized carbons (Fsp3) is 0.538. The van der Waals surface area contributed by atoms with Gasteiger partial charge < -0.3 is 14.8 Å². The normalized spacial score (nSPS) is 23.1. The molecule has 1 fully saturated rings. The molecule has 1 unspecified atom stereocenters. The van der Waals surface area contributed by atoms with Crippen molar-refractivity contribution in [2.75, 3.05) is 32.2 Å². The van der Waals surface area contributed by atoms with Gasteiger partial charge in [0.05, 0.1) is 6.61 Å². The number of ether oxygens (including phenoxy) is 2. The Bertz CT molecular complexity index is 575. The van der Waals surface area contributed by atoms with Gasteiger partial charge in [0, 0.05) is 26.7 Å². The largest absolute Gasteiger partial charge is 0.378 e. The van der Waals surface area contributed by atoms with Crippen molar-refractivity contribution in [1.82, 2.24) is 14.6 Å². The number of fused-ring (bicyclic) bond motifs is 1. The first-order chi connectivity index (χ1) is 9.22. The molecule has 2 aromatic rings. The van der Waals surface area contributed by atoms with Crippen molar-refractivity contribution in [1.29, 1.82) is 0 Å². The van der Waals surface area contributed by atoms with E-state index in [0.29, 0.717) is 13.2 Å². The Balaban J connectivity index is 1.83. The van der Waals surface area contributed by atoms with Crippen molar-refractivity contribution in [2.45, 2.75) is 18.9 Å². The Morgan fingerprint density at radius 3 is 3.16 bits per heavy atom. The van der Waals surface area contributed by atoms with E-state index < -0.39 is 0 Å². The lowest BCUT2D eigenvalue weighted by molar-refractivity contribution is -0.00627. The molecule has 2 aromatic heterocycles. The Kier molecular flexibility index (Phi) is 3.12. The second-order valence-corrected chi connectivity index (χ2v) is 4.99. The predicted octanol–water partition coefficient (Wildman–Crippen LogP) is 1.26. The number of nitrogens with zero attached hydrogens (tertiary/aromatic N) is 3. The first-order valence-corrected chi connectivity index (χ1v) is 6.40. The summed E-state index contributed by atoms with van der Waals surface area (Å²) in [7, 11) is 1.73. The molecular weight excluding hydrogens is 244 g/mol. The fourth-order valence-electron chi connectivity index (χ4n) is 2.40. The van der Waals surface area contributed by atoms with E-state index in [2.05, 4.69) is 21.5 Å². The number of pyridine rings is 1. The third-order valence-corrected chi connectivity index (χ3v) is 3.62. The zero-order valence-corrected chi connectivity index (χ0v) is 11.2. The molecule has 3 heterocycles. The highest BCUT2D eigenvalue weighted by Crippen LogP contribution is 2.23. The van der Waals surface area contributed by atoms with Gasteiger partial charge in [0.1, 0.15) is 17.7 Å². The van der Waals surface area contributed by atoms with Crippen LogP contribution in [-0.4, -0.2) is 47.1 Å². The molecule has 1 aliphatic heterocycles. The lowest BCUT2D eigenvalue weighted by atomic mass is 10.0. The highest BCUT2D eigenvalue weighted by molar-refractivity contribution is 5.51. The summed E-state index contributed by atoms with van der Waals surface area (Å²) >= 11 is 0. The molecule has 6 heteroatoms.